The topological polar surface area (TPSA) is 156 Å². The van der Waals surface area contributed by atoms with Gasteiger partial charge in [-0.1, -0.05) is 12.1 Å². The minimum atomic E-state index is -4.03. The number of rotatable bonds is 7. The van der Waals surface area contributed by atoms with Gasteiger partial charge in [-0.15, -0.1) is 0 Å². The fourth-order valence-corrected chi connectivity index (χ4v) is 5.99. The van der Waals surface area contributed by atoms with Crippen molar-refractivity contribution in [2.75, 3.05) is 17.1 Å². The first-order valence-electron chi connectivity index (χ1n) is 12.6. The third-order valence-electron chi connectivity index (χ3n) is 6.91. The van der Waals surface area contributed by atoms with Crippen molar-refractivity contribution in [1.82, 2.24) is 15.0 Å². The minimum Gasteiger partial charge on any atom is -0.480 e. The molecule has 4 N–H and O–H groups in total. The van der Waals surface area contributed by atoms with Crippen LogP contribution in [0.1, 0.15) is 36.8 Å². The molecule has 0 radical (unpaired) electrons. The Morgan fingerprint density at radius 3 is 2.56 bits per heavy atom. The molecule has 1 aliphatic carbocycles. The molecule has 0 atom stereocenters. The number of nitriles is 1. The Balaban J connectivity index is 1.42. The van der Waals surface area contributed by atoms with Crippen LogP contribution in [-0.2, 0) is 10.0 Å². The van der Waals surface area contributed by atoms with Crippen LogP contribution >= 0.6 is 0 Å². The van der Waals surface area contributed by atoms with Crippen LogP contribution in [0.3, 0.4) is 0 Å². The van der Waals surface area contributed by atoms with Crippen LogP contribution in [0, 0.1) is 18.3 Å². The molecule has 0 amide bonds. The van der Waals surface area contributed by atoms with E-state index in [1.807, 2.05) is 25.1 Å². The van der Waals surface area contributed by atoms with Gasteiger partial charge in [0.1, 0.15) is 16.8 Å². The van der Waals surface area contributed by atoms with E-state index >= 15 is 0 Å². The Bertz CT molecular complexity index is 1680. The summed E-state index contributed by atoms with van der Waals surface area (Å²) in [6.07, 6.45) is 5.79. The number of aromatic nitrogens is 3. The summed E-state index contributed by atoms with van der Waals surface area (Å²) < 4.78 is 33.9. The molecule has 10 nitrogen and oxygen atoms in total. The van der Waals surface area contributed by atoms with Gasteiger partial charge in [0.15, 0.2) is 0 Å². The first-order valence-corrected chi connectivity index (χ1v) is 14.1. The monoisotopic (exact) mass is 543 g/mol. The zero-order valence-electron chi connectivity index (χ0n) is 21.7. The number of hydrogen-bond acceptors (Lipinski definition) is 9. The van der Waals surface area contributed by atoms with E-state index in [0.29, 0.717) is 17.6 Å². The van der Waals surface area contributed by atoms with Gasteiger partial charge in [0.05, 0.1) is 18.2 Å². The van der Waals surface area contributed by atoms with E-state index in [1.54, 1.807) is 30.5 Å². The molecule has 0 spiro atoms. The smallest absolute Gasteiger partial charge is 0.264 e. The van der Waals surface area contributed by atoms with Crippen LogP contribution in [0.2, 0.25) is 0 Å². The molecule has 200 valence electrons. The first-order chi connectivity index (χ1) is 18.8. The van der Waals surface area contributed by atoms with E-state index in [2.05, 4.69) is 20.0 Å². The van der Waals surface area contributed by atoms with Crippen molar-refractivity contribution in [3.8, 4) is 23.1 Å². The molecule has 2 aromatic heterocycles. The number of nitrogens with two attached hydrogens (primary N) is 1. The number of aryl methyl sites for hydroxylation is 1. The van der Waals surface area contributed by atoms with Gasteiger partial charge in [0.25, 0.3) is 10.0 Å². The van der Waals surface area contributed by atoms with Gasteiger partial charge in [-0.3, -0.25) is 4.72 Å². The average Bonchev–Trinajstić information content (AvgIpc) is 2.93. The predicted octanol–water partition coefficient (Wildman–Crippen LogP) is 4.36. The molecule has 0 saturated heterocycles. The lowest BCUT2D eigenvalue weighted by atomic mass is 9.92. The maximum Gasteiger partial charge on any atom is 0.264 e. The number of ether oxygens (including phenoxy) is 1. The van der Waals surface area contributed by atoms with E-state index in [-0.39, 0.29) is 28.2 Å². The molecular formula is C28H29N7O3S. The van der Waals surface area contributed by atoms with Crippen LogP contribution in [0.15, 0.2) is 59.6 Å². The van der Waals surface area contributed by atoms with Crippen molar-refractivity contribution in [2.24, 2.45) is 5.73 Å². The second-order valence-corrected chi connectivity index (χ2v) is 11.3. The average molecular weight is 544 g/mol. The Labute approximate surface area is 227 Å². The standard InChI is InChI=1S/C28H29N7O3S/c1-17-13-24-19(16-31-28(33-24)32-21-9-7-20(30)8-10-21)14-23(17)22-11-12-26(34-27(22)38-2)35-39(36,37)25-6-4-3-5-18(25)15-29/h3-6,11-14,16,20-21H,7-10,30H2,1-2H3,(H,34,35)(H,31,32,33)/t20-,21-. The summed E-state index contributed by atoms with van der Waals surface area (Å²) in [7, 11) is -2.56. The number of benzene rings is 2. The van der Waals surface area contributed by atoms with Gasteiger partial charge < -0.3 is 15.8 Å². The molecule has 39 heavy (non-hydrogen) atoms. The molecule has 0 aliphatic heterocycles. The molecular weight excluding hydrogens is 514 g/mol. The number of anilines is 2. The van der Waals surface area contributed by atoms with Crippen LogP contribution in [0.5, 0.6) is 5.88 Å². The molecule has 0 unspecified atom stereocenters. The van der Waals surface area contributed by atoms with Crippen molar-refractivity contribution < 1.29 is 13.2 Å². The van der Waals surface area contributed by atoms with Crippen LogP contribution < -0.4 is 20.5 Å². The third-order valence-corrected chi connectivity index (χ3v) is 8.32. The fourth-order valence-electron chi connectivity index (χ4n) is 4.83. The number of methoxy groups -OCH3 is 1. The van der Waals surface area contributed by atoms with Crippen molar-refractivity contribution in [3.05, 3.63) is 65.9 Å². The Morgan fingerprint density at radius 2 is 1.82 bits per heavy atom. The van der Waals surface area contributed by atoms with E-state index in [9.17, 15) is 13.7 Å². The molecule has 0 bridgehead atoms. The molecule has 2 aromatic carbocycles. The fraction of sp³-hybridized carbons (Fsp3) is 0.286. The highest BCUT2D eigenvalue weighted by molar-refractivity contribution is 7.92. The lowest BCUT2D eigenvalue weighted by Gasteiger charge is -2.26. The van der Waals surface area contributed by atoms with Gasteiger partial charge in [-0.2, -0.15) is 10.2 Å². The van der Waals surface area contributed by atoms with E-state index < -0.39 is 10.0 Å². The summed E-state index contributed by atoms with van der Waals surface area (Å²) in [6.45, 7) is 1.97. The van der Waals surface area contributed by atoms with E-state index in [4.69, 9.17) is 15.5 Å². The quantitative estimate of drug-likeness (QED) is 0.308. The lowest BCUT2D eigenvalue weighted by molar-refractivity contribution is 0.400. The molecule has 1 saturated carbocycles. The lowest BCUT2D eigenvalue weighted by Crippen LogP contribution is -2.33. The number of nitrogens with zero attached hydrogens (tertiary/aromatic N) is 4. The number of fused-ring (bicyclic) bond motifs is 1. The van der Waals surface area contributed by atoms with Crippen molar-refractivity contribution in [1.29, 1.82) is 5.26 Å². The van der Waals surface area contributed by atoms with Gasteiger partial charge in [-0.25, -0.2) is 18.4 Å². The second kappa shape index (κ2) is 10.8. The molecule has 1 aliphatic rings. The summed E-state index contributed by atoms with van der Waals surface area (Å²) in [5.74, 6) is 0.925. The predicted molar refractivity (Wildman–Crippen MR) is 150 cm³/mol. The van der Waals surface area contributed by atoms with Crippen molar-refractivity contribution >= 4 is 32.7 Å². The first kappa shape index (κ1) is 26.3. The zero-order valence-corrected chi connectivity index (χ0v) is 22.5. The SMILES string of the molecule is COc1nc(NS(=O)(=O)c2ccccc2C#N)ccc1-c1cc2cnc(N[C@H]3CC[C@H](N)CC3)nc2cc1C. The highest BCUT2D eigenvalue weighted by atomic mass is 32.2. The number of nitrogens with one attached hydrogen (secondary N) is 2. The van der Waals surface area contributed by atoms with E-state index in [1.165, 1.54) is 19.2 Å². The molecule has 5 rings (SSSR count). The zero-order chi connectivity index (χ0) is 27.6. The number of pyridine rings is 1. The van der Waals surface area contributed by atoms with Crippen LogP contribution in [0.4, 0.5) is 11.8 Å². The third kappa shape index (κ3) is 5.62. The number of sulfonamides is 1. The maximum absolute atomic E-state index is 12.9. The minimum absolute atomic E-state index is 0.0453. The maximum atomic E-state index is 12.9. The molecule has 11 heteroatoms. The highest BCUT2D eigenvalue weighted by Crippen LogP contribution is 2.35. The van der Waals surface area contributed by atoms with Gasteiger partial charge in [0, 0.05) is 29.2 Å². The second-order valence-electron chi connectivity index (χ2n) is 9.64. The van der Waals surface area contributed by atoms with Crippen molar-refractivity contribution in [3.63, 3.8) is 0 Å². The molecule has 1 fully saturated rings. The summed E-state index contributed by atoms with van der Waals surface area (Å²) in [5.41, 5.74) is 9.39. The number of hydrogen-bond donors (Lipinski definition) is 3. The largest absolute Gasteiger partial charge is 0.480 e. The summed E-state index contributed by atoms with van der Waals surface area (Å²) >= 11 is 0. The van der Waals surface area contributed by atoms with Crippen LogP contribution in [-0.4, -0.2) is 42.6 Å². The molecule has 4 aromatic rings. The van der Waals surface area contributed by atoms with Crippen molar-refractivity contribution in [2.45, 2.75) is 49.6 Å². The van der Waals surface area contributed by atoms with E-state index in [0.717, 1.165) is 47.7 Å². The summed E-state index contributed by atoms with van der Waals surface area (Å²) in [4.78, 5) is 13.5. The Morgan fingerprint density at radius 1 is 1.05 bits per heavy atom. The van der Waals surface area contributed by atoms with Gasteiger partial charge in [0.2, 0.25) is 11.8 Å². The van der Waals surface area contributed by atoms with Crippen LogP contribution in [0.25, 0.3) is 22.0 Å². The normalized spacial score (nSPS) is 17.4. The Hall–Kier alpha value is -4.27. The summed E-state index contributed by atoms with van der Waals surface area (Å²) in [6, 6.07) is 15.8. The highest BCUT2D eigenvalue weighted by Gasteiger charge is 2.21. The Kier molecular flexibility index (Phi) is 7.32. The van der Waals surface area contributed by atoms with Gasteiger partial charge in [-0.05, 0) is 80.1 Å². The summed E-state index contributed by atoms with van der Waals surface area (Å²) in [5, 5.41) is 13.6. The van der Waals surface area contributed by atoms with Gasteiger partial charge >= 0.3 is 0 Å². The molecule has 2 heterocycles.